The van der Waals surface area contributed by atoms with Crippen molar-refractivity contribution in [1.29, 1.82) is 0 Å². The molecule has 2 N–H and O–H groups in total. The molecule has 1 heterocycles. The van der Waals surface area contributed by atoms with Crippen molar-refractivity contribution in [2.45, 2.75) is 0 Å². The van der Waals surface area contributed by atoms with Gasteiger partial charge in [0.1, 0.15) is 11.5 Å². The maximum atomic E-state index is 12.8. The molecule has 3 rings (SSSR count). The van der Waals surface area contributed by atoms with Gasteiger partial charge in [-0.25, -0.2) is 4.98 Å². The Bertz CT molecular complexity index is 924. The normalized spacial score (nSPS) is 10.4. The first-order chi connectivity index (χ1) is 11.6. The lowest BCUT2D eigenvalue weighted by Crippen LogP contribution is -2.09. The Labute approximate surface area is 143 Å². The van der Waals surface area contributed by atoms with Gasteiger partial charge in [0, 0.05) is 5.56 Å². The highest BCUT2D eigenvalue weighted by Gasteiger charge is 2.18. The fraction of sp³-hybridized carbons (Fsp3) is 0. The van der Waals surface area contributed by atoms with Crippen molar-refractivity contribution in [3.05, 3.63) is 83.6 Å². The van der Waals surface area contributed by atoms with Crippen LogP contribution in [0.1, 0.15) is 26.4 Å². The summed E-state index contributed by atoms with van der Waals surface area (Å²) in [7, 11) is 0. The van der Waals surface area contributed by atoms with Crippen molar-refractivity contribution in [2.24, 2.45) is 0 Å². The molecule has 0 fully saturated rings. The number of anilines is 1. The van der Waals surface area contributed by atoms with Crippen LogP contribution in [0.3, 0.4) is 0 Å². The van der Waals surface area contributed by atoms with Gasteiger partial charge in [-0.05, 0) is 34.9 Å². The molecule has 0 saturated carbocycles. The molecule has 0 amide bonds. The number of ketones is 1. The van der Waals surface area contributed by atoms with Gasteiger partial charge in [0.05, 0.1) is 5.56 Å². The molecule has 0 aliphatic carbocycles. The van der Waals surface area contributed by atoms with E-state index < -0.39 is 5.24 Å². The Morgan fingerprint density at radius 3 is 2.17 bits per heavy atom. The number of nitrogen functional groups attached to an aromatic ring is 1. The Morgan fingerprint density at radius 1 is 0.833 bits per heavy atom. The first kappa shape index (κ1) is 15.9. The number of carbonyl (C=O) groups excluding carboxylic acids is 2. The number of rotatable bonds is 4. The van der Waals surface area contributed by atoms with Crippen molar-refractivity contribution in [1.82, 2.24) is 4.98 Å². The molecule has 118 valence electrons. The second-order valence-electron chi connectivity index (χ2n) is 5.14. The maximum absolute atomic E-state index is 12.8. The highest BCUT2D eigenvalue weighted by atomic mass is 35.5. The molecule has 5 heteroatoms. The monoisotopic (exact) mass is 336 g/mol. The fourth-order valence-electron chi connectivity index (χ4n) is 2.46. The minimum absolute atomic E-state index is 0.0574. The van der Waals surface area contributed by atoms with Crippen molar-refractivity contribution >= 4 is 28.4 Å². The van der Waals surface area contributed by atoms with Crippen LogP contribution in [0.4, 0.5) is 5.82 Å². The van der Waals surface area contributed by atoms with E-state index in [9.17, 15) is 9.59 Å². The zero-order chi connectivity index (χ0) is 17.1. The predicted octanol–water partition coefficient (Wildman–Crippen LogP) is 3.94. The second kappa shape index (κ2) is 6.64. The predicted molar refractivity (Wildman–Crippen MR) is 94.1 cm³/mol. The second-order valence-corrected chi connectivity index (χ2v) is 5.49. The van der Waals surface area contributed by atoms with Crippen LogP contribution in [0, 0.1) is 0 Å². The van der Waals surface area contributed by atoms with Crippen molar-refractivity contribution in [2.75, 3.05) is 5.73 Å². The number of halogens is 1. The lowest BCUT2D eigenvalue weighted by molar-refractivity contribution is 0.103. The summed E-state index contributed by atoms with van der Waals surface area (Å²) in [5.74, 6) is -0.326. The lowest BCUT2D eigenvalue weighted by Gasteiger charge is -2.09. The molecular weight excluding hydrogens is 324 g/mol. The van der Waals surface area contributed by atoms with E-state index >= 15 is 0 Å². The molecule has 0 unspecified atom stereocenters. The van der Waals surface area contributed by atoms with Crippen LogP contribution in [0.2, 0.25) is 0 Å². The van der Waals surface area contributed by atoms with Crippen LogP contribution in [-0.4, -0.2) is 16.0 Å². The molecule has 24 heavy (non-hydrogen) atoms. The molecule has 4 nitrogen and oxygen atoms in total. The highest BCUT2D eigenvalue weighted by molar-refractivity contribution is 6.68. The van der Waals surface area contributed by atoms with Gasteiger partial charge in [-0.1, -0.05) is 54.6 Å². The molecular formula is C19H13ClN2O2. The van der Waals surface area contributed by atoms with Gasteiger partial charge < -0.3 is 5.73 Å². The van der Waals surface area contributed by atoms with E-state index in [-0.39, 0.29) is 22.9 Å². The third kappa shape index (κ3) is 3.05. The SMILES string of the molecule is Nc1nc(C(=O)c2ccccc2-c2ccccc2)ccc1C(=O)Cl. The van der Waals surface area contributed by atoms with Gasteiger partial charge in [-0.2, -0.15) is 0 Å². The molecule has 0 radical (unpaired) electrons. The molecule has 0 spiro atoms. The first-order valence-electron chi connectivity index (χ1n) is 7.23. The zero-order valence-electron chi connectivity index (χ0n) is 12.6. The molecule has 0 atom stereocenters. The van der Waals surface area contributed by atoms with Gasteiger partial charge in [0.2, 0.25) is 5.78 Å². The smallest absolute Gasteiger partial charge is 0.256 e. The van der Waals surface area contributed by atoms with E-state index in [0.29, 0.717) is 5.56 Å². The number of pyridine rings is 1. The number of nitrogens with zero attached hydrogens (tertiary/aromatic N) is 1. The van der Waals surface area contributed by atoms with E-state index in [4.69, 9.17) is 17.3 Å². The number of carbonyl (C=O) groups is 2. The summed E-state index contributed by atoms with van der Waals surface area (Å²) in [6.07, 6.45) is 0. The van der Waals surface area contributed by atoms with E-state index in [0.717, 1.165) is 11.1 Å². The summed E-state index contributed by atoms with van der Waals surface area (Å²) >= 11 is 5.42. The van der Waals surface area contributed by atoms with E-state index in [1.54, 1.807) is 12.1 Å². The number of nitrogens with two attached hydrogens (primary N) is 1. The standard InChI is InChI=1S/C19H13ClN2O2/c20-18(24)15-10-11-16(22-19(15)21)17(23)14-9-5-4-8-13(14)12-6-2-1-3-7-12/h1-11H,(H2,21,22). The molecule has 2 aromatic carbocycles. The number of aromatic nitrogens is 1. The van der Waals surface area contributed by atoms with Gasteiger partial charge >= 0.3 is 0 Å². The summed E-state index contributed by atoms with van der Waals surface area (Å²) in [5.41, 5.74) is 8.22. The van der Waals surface area contributed by atoms with Crippen molar-refractivity contribution in [3.8, 4) is 11.1 Å². The summed E-state index contributed by atoms with van der Waals surface area (Å²) < 4.78 is 0. The summed E-state index contributed by atoms with van der Waals surface area (Å²) in [5, 5.41) is -0.705. The van der Waals surface area contributed by atoms with Crippen LogP contribution in [0.15, 0.2) is 66.7 Å². The number of hydrogen-bond donors (Lipinski definition) is 1. The third-order valence-electron chi connectivity index (χ3n) is 3.63. The molecule has 1 aromatic heterocycles. The molecule has 3 aromatic rings. The van der Waals surface area contributed by atoms with Gasteiger partial charge in [-0.15, -0.1) is 0 Å². The van der Waals surface area contributed by atoms with Crippen molar-refractivity contribution < 1.29 is 9.59 Å². The van der Waals surface area contributed by atoms with Crippen LogP contribution < -0.4 is 5.73 Å². The van der Waals surface area contributed by atoms with E-state index in [1.807, 2.05) is 42.5 Å². The Hall–Kier alpha value is -2.98. The maximum Gasteiger partial charge on any atom is 0.256 e. The quantitative estimate of drug-likeness (QED) is 0.578. The topological polar surface area (TPSA) is 73.0 Å². The van der Waals surface area contributed by atoms with Crippen LogP contribution in [0.25, 0.3) is 11.1 Å². The largest absolute Gasteiger partial charge is 0.383 e. The molecule has 0 saturated heterocycles. The average molecular weight is 337 g/mol. The summed E-state index contributed by atoms with van der Waals surface area (Å²) in [6, 6.07) is 19.7. The van der Waals surface area contributed by atoms with Crippen molar-refractivity contribution in [3.63, 3.8) is 0 Å². The van der Waals surface area contributed by atoms with Gasteiger partial charge in [-0.3, -0.25) is 9.59 Å². The zero-order valence-corrected chi connectivity index (χ0v) is 13.3. The Morgan fingerprint density at radius 2 is 1.50 bits per heavy atom. The van der Waals surface area contributed by atoms with Crippen LogP contribution >= 0.6 is 11.6 Å². The molecule has 0 aliphatic heterocycles. The Balaban J connectivity index is 2.06. The van der Waals surface area contributed by atoms with Crippen LogP contribution in [-0.2, 0) is 0 Å². The van der Waals surface area contributed by atoms with Gasteiger partial charge in [0.25, 0.3) is 5.24 Å². The van der Waals surface area contributed by atoms with E-state index in [1.165, 1.54) is 12.1 Å². The lowest BCUT2D eigenvalue weighted by atomic mass is 9.95. The van der Waals surface area contributed by atoms with Gasteiger partial charge in [0.15, 0.2) is 0 Å². The Kier molecular flexibility index (Phi) is 4.40. The fourth-order valence-corrected chi connectivity index (χ4v) is 2.62. The molecule has 0 bridgehead atoms. The van der Waals surface area contributed by atoms with E-state index in [2.05, 4.69) is 4.98 Å². The minimum atomic E-state index is -0.705. The number of benzene rings is 2. The minimum Gasteiger partial charge on any atom is -0.383 e. The third-order valence-corrected chi connectivity index (χ3v) is 3.83. The number of hydrogen-bond acceptors (Lipinski definition) is 4. The highest BCUT2D eigenvalue weighted by Crippen LogP contribution is 2.25. The van der Waals surface area contributed by atoms with Crippen LogP contribution in [0.5, 0.6) is 0 Å². The average Bonchev–Trinajstić information content (AvgIpc) is 2.61. The molecule has 0 aliphatic rings. The summed E-state index contributed by atoms with van der Waals surface area (Å²) in [4.78, 5) is 28.1. The summed E-state index contributed by atoms with van der Waals surface area (Å²) in [6.45, 7) is 0. The first-order valence-corrected chi connectivity index (χ1v) is 7.61.